The number of nitrogens with two attached hydrogens (primary N) is 1. The van der Waals surface area contributed by atoms with E-state index in [1.165, 1.54) is 19.3 Å². The predicted octanol–water partition coefficient (Wildman–Crippen LogP) is 1.63. The molecule has 4 nitrogen and oxygen atoms in total. The number of hydrogen-bond acceptors (Lipinski definition) is 3. The molecule has 0 spiro atoms. The molecule has 118 valence electrons. The number of carbonyl (C=O) groups excluding carboxylic acids is 1. The summed E-state index contributed by atoms with van der Waals surface area (Å²) in [4.78, 5) is 17.6. The second-order valence-corrected chi connectivity index (χ2v) is 7.32. The number of rotatable bonds is 5. The first-order chi connectivity index (χ1) is 10.1. The van der Waals surface area contributed by atoms with Crippen LogP contribution in [-0.2, 0) is 4.79 Å². The largest absolute Gasteiger partial charge is 0.392 e. The minimum atomic E-state index is 0.211. The molecule has 3 unspecified atom stereocenters. The molecule has 21 heavy (non-hydrogen) atoms. The van der Waals surface area contributed by atoms with Gasteiger partial charge in [-0.3, -0.25) is 9.69 Å². The van der Waals surface area contributed by atoms with E-state index in [4.69, 9.17) is 18.0 Å². The zero-order chi connectivity index (χ0) is 15.0. The van der Waals surface area contributed by atoms with Crippen molar-refractivity contribution in [2.45, 2.75) is 45.1 Å². The Morgan fingerprint density at radius 3 is 2.38 bits per heavy atom. The average Bonchev–Trinajstić information content (AvgIpc) is 2.96. The minimum Gasteiger partial charge on any atom is -0.392 e. The highest BCUT2D eigenvalue weighted by atomic mass is 32.1. The predicted molar refractivity (Wildman–Crippen MR) is 88.0 cm³/mol. The minimum absolute atomic E-state index is 0.211. The van der Waals surface area contributed by atoms with Crippen molar-refractivity contribution in [2.24, 2.45) is 23.5 Å². The molecule has 1 aliphatic heterocycles. The number of thiocarbonyl (C=S) groups is 1. The number of piperazine rings is 1. The molecule has 0 aromatic carbocycles. The Kier molecular flexibility index (Phi) is 4.50. The topological polar surface area (TPSA) is 49.6 Å². The maximum Gasteiger partial charge on any atom is 0.226 e. The number of amides is 1. The van der Waals surface area contributed by atoms with E-state index in [2.05, 4.69) is 16.7 Å². The van der Waals surface area contributed by atoms with Crippen molar-refractivity contribution in [3.8, 4) is 0 Å². The summed E-state index contributed by atoms with van der Waals surface area (Å²) in [6.07, 6.45) is 6.00. The van der Waals surface area contributed by atoms with Gasteiger partial charge in [0.05, 0.1) is 11.0 Å². The van der Waals surface area contributed by atoms with Gasteiger partial charge in [-0.15, -0.1) is 0 Å². The van der Waals surface area contributed by atoms with E-state index < -0.39 is 0 Å². The van der Waals surface area contributed by atoms with Crippen molar-refractivity contribution in [1.82, 2.24) is 9.80 Å². The van der Waals surface area contributed by atoms with Crippen LogP contribution in [0.3, 0.4) is 0 Å². The maximum absolute atomic E-state index is 12.6. The summed E-state index contributed by atoms with van der Waals surface area (Å²) < 4.78 is 0. The second kappa shape index (κ2) is 6.21. The molecule has 0 aromatic heterocycles. The van der Waals surface area contributed by atoms with Crippen LogP contribution in [0, 0.1) is 17.8 Å². The average molecular weight is 309 g/mol. The van der Waals surface area contributed by atoms with Crippen molar-refractivity contribution < 1.29 is 4.79 Å². The first-order valence-corrected chi connectivity index (χ1v) is 8.86. The Balaban J connectivity index is 1.50. The summed E-state index contributed by atoms with van der Waals surface area (Å²) in [5.74, 6) is 2.24. The normalized spacial score (nSPS) is 33.6. The Hall–Kier alpha value is -0.680. The van der Waals surface area contributed by atoms with Crippen molar-refractivity contribution in [3.05, 3.63) is 0 Å². The van der Waals surface area contributed by atoms with Gasteiger partial charge in [-0.2, -0.15) is 0 Å². The van der Waals surface area contributed by atoms with Crippen molar-refractivity contribution in [2.75, 3.05) is 26.2 Å². The van der Waals surface area contributed by atoms with Crippen LogP contribution in [-0.4, -0.2) is 52.9 Å². The van der Waals surface area contributed by atoms with E-state index in [0.717, 1.165) is 50.9 Å². The van der Waals surface area contributed by atoms with Crippen LogP contribution in [0.2, 0.25) is 0 Å². The third-order valence-electron chi connectivity index (χ3n) is 5.65. The fourth-order valence-electron chi connectivity index (χ4n) is 4.43. The first-order valence-electron chi connectivity index (χ1n) is 8.45. The molecule has 3 atom stereocenters. The Labute approximate surface area is 133 Å². The highest BCUT2D eigenvalue weighted by molar-refractivity contribution is 7.80. The van der Waals surface area contributed by atoms with Gasteiger partial charge in [0.1, 0.15) is 0 Å². The Bertz CT molecular complexity index is 410. The summed E-state index contributed by atoms with van der Waals surface area (Å²) in [5.41, 5.74) is 5.88. The summed E-state index contributed by atoms with van der Waals surface area (Å²) in [5, 5.41) is 0. The number of fused-ring (bicyclic) bond motifs is 1. The third kappa shape index (κ3) is 2.95. The van der Waals surface area contributed by atoms with Crippen LogP contribution in [0.5, 0.6) is 0 Å². The van der Waals surface area contributed by atoms with Gasteiger partial charge >= 0.3 is 0 Å². The fourth-order valence-corrected chi connectivity index (χ4v) is 4.70. The molecule has 0 aromatic rings. The summed E-state index contributed by atoms with van der Waals surface area (Å²) in [6.45, 7) is 5.68. The van der Waals surface area contributed by atoms with E-state index in [9.17, 15) is 4.79 Å². The molecule has 1 amide bonds. The van der Waals surface area contributed by atoms with Crippen LogP contribution in [0.15, 0.2) is 0 Å². The molecule has 2 aliphatic carbocycles. The molecule has 1 saturated heterocycles. The highest BCUT2D eigenvalue weighted by Crippen LogP contribution is 2.58. The number of carbonyl (C=O) groups is 1. The van der Waals surface area contributed by atoms with E-state index in [-0.39, 0.29) is 6.04 Å². The van der Waals surface area contributed by atoms with Crippen molar-refractivity contribution in [1.29, 1.82) is 0 Å². The molecule has 3 aliphatic rings. The summed E-state index contributed by atoms with van der Waals surface area (Å²) >= 11 is 5.21. The SMILES string of the molecule is CCCC(C(N)=S)N1CCN(C(=O)C2C3CCCC32)CC1. The van der Waals surface area contributed by atoms with Gasteiger partial charge in [-0.05, 0) is 31.1 Å². The van der Waals surface area contributed by atoms with Crippen LogP contribution in [0.4, 0.5) is 0 Å². The van der Waals surface area contributed by atoms with Gasteiger partial charge in [-0.1, -0.05) is 32.0 Å². The molecular weight excluding hydrogens is 282 g/mol. The summed E-state index contributed by atoms with van der Waals surface area (Å²) in [6, 6.07) is 0.211. The first kappa shape index (κ1) is 15.2. The molecule has 3 fully saturated rings. The molecule has 0 bridgehead atoms. The third-order valence-corrected chi connectivity index (χ3v) is 5.92. The van der Waals surface area contributed by atoms with Gasteiger partial charge < -0.3 is 10.6 Å². The monoisotopic (exact) mass is 309 g/mol. The Morgan fingerprint density at radius 2 is 1.86 bits per heavy atom. The van der Waals surface area contributed by atoms with Crippen molar-refractivity contribution >= 4 is 23.1 Å². The fraction of sp³-hybridized carbons (Fsp3) is 0.875. The van der Waals surface area contributed by atoms with Crippen molar-refractivity contribution in [3.63, 3.8) is 0 Å². The van der Waals surface area contributed by atoms with Crippen LogP contribution >= 0.6 is 12.2 Å². The maximum atomic E-state index is 12.6. The van der Waals surface area contributed by atoms with Gasteiger partial charge in [0, 0.05) is 32.1 Å². The van der Waals surface area contributed by atoms with Crippen LogP contribution in [0.1, 0.15) is 39.0 Å². The second-order valence-electron chi connectivity index (χ2n) is 6.85. The van der Waals surface area contributed by atoms with E-state index in [1.54, 1.807) is 0 Å². The smallest absolute Gasteiger partial charge is 0.226 e. The molecular formula is C16H27N3OS. The lowest BCUT2D eigenvalue weighted by molar-refractivity contribution is -0.135. The molecule has 3 rings (SSSR count). The molecule has 5 heteroatoms. The lowest BCUT2D eigenvalue weighted by Crippen LogP contribution is -2.55. The van der Waals surface area contributed by atoms with E-state index in [1.807, 2.05) is 0 Å². The van der Waals surface area contributed by atoms with Gasteiger partial charge in [0.15, 0.2) is 0 Å². The molecule has 2 saturated carbocycles. The summed E-state index contributed by atoms with van der Waals surface area (Å²) in [7, 11) is 0. The molecule has 2 N–H and O–H groups in total. The van der Waals surface area contributed by atoms with Gasteiger partial charge in [0.2, 0.25) is 5.91 Å². The van der Waals surface area contributed by atoms with Crippen LogP contribution in [0.25, 0.3) is 0 Å². The van der Waals surface area contributed by atoms with Gasteiger partial charge in [-0.25, -0.2) is 0 Å². The molecule has 0 radical (unpaired) electrons. The number of hydrogen-bond donors (Lipinski definition) is 1. The van der Waals surface area contributed by atoms with Crippen LogP contribution < -0.4 is 5.73 Å². The quantitative estimate of drug-likeness (QED) is 0.784. The van der Waals surface area contributed by atoms with Gasteiger partial charge in [0.25, 0.3) is 0 Å². The standard InChI is InChI=1S/C16H27N3OS/c1-2-4-13(15(17)21)18-7-9-19(10-8-18)16(20)14-11-5-3-6-12(11)14/h11-14H,2-10H2,1H3,(H2,17,21). The number of nitrogens with zero attached hydrogens (tertiary/aromatic N) is 2. The highest BCUT2D eigenvalue weighted by Gasteiger charge is 2.57. The lowest BCUT2D eigenvalue weighted by atomic mass is 10.1. The zero-order valence-corrected chi connectivity index (χ0v) is 13.8. The van der Waals surface area contributed by atoms with E-state index >= 15 is 0 Å². The lowest BCUT2D eigenvalue weighted by Gasteiger charge is -2.39. The Morgan fingerprint density at radius 1 is 1.24 bits per heavy atom. The molecule has 1 heterocycles. The van der Waals surface area contributed by atoms with E-state index in [0.29, 0.717) is 16.8 Å². The zero-order valence-electron chi connectivity index (χ0n) is 13.0.